The number of hydrogen-bond donors (Lipinski definition) is 0. The number of rotatable bonds is 6. The third-order valence-electron chi connectivity index (χ3n) is 3.11. The minimum absolute atomic E-state index is 0.321. The molecule has 0 aliphatic carbocycles. The first-order chi connectivity index (χ1) is 6.18. The van der Waals surface area contributed by atoms with E-state index in [0.29, 0.717) is 5.78 Å². The number of Topliss-reactive ketones (excluding diaryl/α,β-unsaturated/α-hetero) is 1. The molecule has 0 N–H and O–H groups in total. The summed E-state index contributed by atoms with van der Waals surface area (Å²) in [6.07, 6.45) is 4.38. The quantitative estimate of drug-likeness (QED) is 0.487. The second kappa shape index (κ2) is 4.91. The zero-order chi connectivity index (χ0) is 9.73. The van der Waals surface area contributed by atoms with Gasteiger partial charge in [-0.05, 0) is 31.5 Å². The zero-order valence-corrected chi connectivity index (χ0v) is 9.77. The average Bonchev–Trinajstić information content (AvgIpc) is 2.01. The van der Waals surface area contributed by atoms with Gasteiger partial charge in [-0.1, -0.05) is 12.8 Å². The van der Waals surface area contributed by atoms with E-state index >= 15 is 0 Å². The van der Waals surface area contributed by atoms with Crippen LogP contribution in [-0.4, -0.2) is 21.2 Å². The highest BCUT2D eigenvalue weighted by atomic mass is 28.4. The molecule has 0 aromatic carbocycles. The van der Waals surface area contributed by atoms with Crippen LogP contribution in [0.3, 0.4) is 0 Å². The summed E-state index contributed by atoms with van der Waals surface area (Å²) in [5.41, 5.74) is 0. The van der Waals surface area contributed by atoms with Crippen molar-refractivity contribution in [2.75, 3.05) is 7.11 Å². The normalized spacial score (nSPS) is 19.5. The third-order valence-corrected chi connectivity index (χ3v) is 7.77. The average molecular weight is 200 g/mol. The Morgan fingerprint density at radius 3 is 2.46 bits per heavy atom. The zero-order valence-electron chi connectivity index (χ0n) is 8.77. The van der Waals surface area contributed by atoms with E-state index in [4.69, 9.17) is 4.43 Å². The molecule has 0 aromatic heterocycles. The summed E-state index contributed by atoms with van der Waals surface area (Å²) in [7, 11) is 0.671. The molecule has 3 heteroatoms. The molecule has 0 spiro atoms. The maximum atomic E-state index is 10.7. The second-order valence-electron chi connectivity index (χ2n) is 4.15. The second-order valence-corrected chi connectivity index (χ2v) is 8.42. The van der Waals surface area contributed by atoms with E-state index in [1.165, 1.54) is 31.0 Å². The molecule has 1 rings (SSSR count). The van der Waals surface area contributed by atoms with Crippen LogP contribution in [0.25, 0.3) is 0 Å². The fourth-order valence-electron chi connectivity index (χ4n) is 1.95. The van der Waals surface area contributed by atoms with Gasteiger partial charge in [-0.3, -0.25) is 0 Å². The van der Waals surface area contributed by atoms with Gasteiger partial charge in [0, 0.05) is 13.5 Å². The van der Waals surface area contributed by atoms with Crippen LogP contribution in [0.1, 0.15) is 32.6 Å². The van der Waals surface area contributed by atoms with E-state index in [1.54, 1.807) is 6.92 Å². The summed E-state index contributed by atoms with van der Waals surface area (Å²) in [6.45, 7) is 1.67. The van der Waals surface area contributed by atoms with Gasteiger partial charge in [0.05, 0.1) is 0 Å². The van der Waals surface area contributed by atoms with E-state index < -0.39 is 8.32 Å². The van der Waals surface area contributed by atoms with Crippen molar-refractivity contribution >= 4 is 14.1 Å². The molecule has 1 heterocycles. The lowest BCUT2D eigenvalue weighted by atomic mass is 10.2. The Bertz CT molecular complexity index is 170. The highest BCUT2D eigenvalue weighted by Gasteiger charge is 2.39. The molecule has 1 aliphatic heterocycles. The third kappa shape index (κ3) is 3.23. The van der Waals surface area contributed by atoms with Gasteiger partial charge in [0.25, 0.3) is 0 Å². The van der Waals surface area contributed by atoms with E-state index in [0.717, 1.165) is 12.8 Å². The summed E-state index contributed by atoms with van der Waals surface area (Å²) in [6, 6.07) is 3.98. The summed E-state index contributed by atoms with van der Waals surface area (Å²) in [5, 5.41) is 0. The van der Waals surface area contributed by atoms with Crippen molar-refractivity contribution in [3.8, 4) is 0 Å². The van der Waals surface area contributed by atoms with Crippen LogP contribution in [0.15, 0.2) is 0 Å². The van der Waals surface area contributed by atoms with E-state index in [2.05, 4.69) is 0 Å². The molecule has 0 saturated carbocycles. The van der Waals surface area contributed by atoms with Gasteiger partial charge in [0.15, 0.2) is 8.32 Å². The molecule has 0 bridgehead atoms. The van der Waals surface area contributed by atoms with Crippen LogP contribution in [0.2, 0.25) is 18.1 Å². The molecule has 2 nitrogen and oxygen atoms in total. The lowest BCUT2D eigenvalue weighted by Crippen LogP contribution is -2.43. The van der Waals surface area contributed by atoms with Crippen molar-refractivity contribution in [2.45, 2.75) is 50.7 Å². The smallest absolute Gasteiger partial charge is 0.192 e. The Balaban J connectivity index is 2.07. The van der Waals surface area contributed by atoms with Crippen molar-refractivity contribution in [1.29, 1.82) is 0 Å². The molecule has 76 valence electrons. The van der Waals surface area contributed by atoms with Crippen LogP contribution >= 0.6 is 0 Å². The highest BCUT2D eigenvalue weighted by molar-refractivity contribution is 6.76. The van der Waals surface area contributed by atoms with Gasteiger partial charge in [0.1, 0.15) is 5.78 Å². The minimum Gasteiger partial charge on any atom is -0.420 e. The van der Waals surface area contributed by atoms with Gasteiger partial charge in [0.2, 0.25) is 0 Å². The predicted molar refractivity (Wildman–Crippen MR) is 56.3 cm³/mol. The maximum absolute atomic E-state index is 10.7. The molecule has 1 aliphatic rings. The monoisotopic (exact) mass is 200 g/mol. The van der Waals surface area contributed by atoms with Crippen LogP contribution in [0, 0.1) is 0 Å². The molecule has 0 radical (unpaired) electrons. The number of carbonyl (C=O) groups is 1. The van der Waals surface area contributed by atoms with Gasteiger partial charge in [-0.2, -0.15) is 0 Å². The van der Waals surface area contributed by atoms with Crippen molar-refractivity contribution in [3.05, 3.63) is 0 Å². The molecule has 0 amide bonds. The molecule has 1 saturated heterocycles. The Morgan fingerprint density at radius 2 is 2.08 bits per heavy atom. The van der Waals surface area contributed by atoms with Gasteiger partial charge < -0.3 is 9.22 Å². The standard InChI is InChI=1S/C10H20O2Si/c1-10(11)6-3-4-7-13(12-2)8-5-9-13/h3-9H2,1-2H3. The summed E-state index contributed by atoms with van der Waals surface area (Å²) < 4.78 is 5.63. The van der Waals surface area contributed by atoms with Crippen LogP contribution in [0.5, 0.6) is 0 Å². The topological polar surface area (TPSA) is 26.3 Å². The first kappa shape index (κ1) is 10.9. The van der Waals surface area contributed by atoms with Crippen molar-refractivity contribution in [1.82, 2.24) is 0 Å². The molecular formula is C10H20O2Si. The van der Waals surface area contributed by atoms with Crippen LogP contribution in [-0.2, 0) is 9.22 Å². The fourth-order valence-corrected chi connectivity index (χ4v) is 5.10. The molecule has 0 unspecified atom stereocenters. The van der Waals surface area contributed by atoms with Crippen LogP contribution in [0.4, 0.5) is 0 Å². The SMILES string of the molecule is CO[Si]1(CCCCC(C)=O)CCC1. The first-order valence-electron chi connectivity index (χ1n) is 5.23. The Hall–Kier alpha value is -0.153. The van der Waals surface area contributed by atoms with Gasteiger partial charge in [-0.25, -0.2) is 0 Å². The Morgan fingerprint density at radius 1 is 1.38 bits per heavy atom. The van der Waals surface area contributed by atoms with Crippen LogP contribution < -0.4 is 0 Å². The Kier molecular flexibility index (Phi) is 4.13. The number of carbonyl (C=O) groups excluding carboxylic acids is 1. The Labute approximate surface area is 81.8 Å². The maximum Gasteiger partial charge on any atom is 0.192 e. The molecule has 0 aromatic rings. The summed E-state index contributed by atoms with van der Waals surface area (Å²) in [5.74, 6) is 0.321. The first-order valence-corrected chi connectivity index (χ1v) is 7.76. The summed E-state index contributed by atoms with van der Waals surface area (Å²) in [4.78, 5) is 10.7. The lowest BCUT2D eigenvalue weighted by molar-refractivity contribution is -0.117. The predicted octanol–water partition coefficient (Wildman–Crippen LogP) is 2.74. The molecule has 0 atom stereocenters. The van der Waals surface area contributed by atoms with Gasteiger partial charge in [-0.15, -0.1) is 0 Å². The van der Waals surface area contributed by atoms with E-state index in [9.17, 15) is 4.79 Å². The molecule has 13 heavy (non-hydrogen) atoms. The van der Waals surface area contributed by atoms with Crippen molar-refractivity contribution in [2.24, 2.45) is 0 Å². The minimum atomic E-state index is -1.20. The summed E-state index contributed by atoms with van der Waals surface area (Å²) >= 11 is 0. The lowest BCUT2D eigenvalue weighted by Gasteiger charge is -2.37. The van der Waals surface area contributed by atoms with E-state index in [-0.39, 0.29) is 0 Å². The number of ketones is 1. The van der Waals surface area contributed by atoms with Crippen molar-refractivity contribution < 1.29 is 9.22 Å². The van der Waals surface area contributed by atoms with Gasteiger partial charge >= 0.3 is 0 Å². The molecular weight excluding hydrogens is 180 g/mol. The number of hydrogen-bond acceptors (Lipinski definition) is 2. The number of unbranched alkanes of at least 4 members (excludes halogenated alkanes) is 1. The molecule has 1 fully saturated rings. The van der Waals surface area contributed by atoms with Crippen molar-refractivity contribution in [3.63, 3.8) is 0 Å². The fraction of sp³-hybridized carbons (Fsp3) is 0.900. The largest absolute Gasteiger partial charge is 0.420 e. The highest BCUT2D eigenvalue weighted by Crippen LogP contribution is 2.37. The van der Waals surface area contributed by atoms with E-state index in [1.807, 2.05) is 7.11 Å².